The van der Waals surface area contributed by atoms with Crippen LogP contribution in [0.3, 0.4) is 0 Å². The van der Waals surface area contributed by atoms with E-state index in [9.17, 15) is 9.59 Å². The van der Waals surface area contributed by atoms with E-state index in [1.807, 2.05) is 19.1 Å². The van der Waals surface area contributed by atoms with Gasteiger partial charge >= 0.3 is 5.97 Å². The molecule has 0 aromatic heterocycles. The maximum Gasteiger partial charge on any atom is 0.305 e. The minimum atomic E-state index is -0.987. The zero-order valence-corrected chi connectivity index (χ0v) is 14.9. The third-order valence-electron chi connectivity index (χ3n) is 4.32. The summed E-state index contributed by atoms with van der Waals surface area (Å²) in [6.07, 6.45) is 4.09. The summed E-state index contributed by atoms with van der Waals surface area (Å²) in [5.41, 5.74) is 1.48. The van der Waals surface area contributed by atoms with Crippen molar-refractivity contribution in [3.05, 3.63) is 28.8 Å². The number of nitrogens with zero attached hydrogens (tertiary/aromatic N) is 2. The number of carboxylic acids is 1. The standard InChI is InChI=1S/C17H19ClN2O3S/c1-10-5-4-8-12(18)15(10)20-16(23)13(9-14(21)22)24-17(20)19-11-6-2-3-7-11/h4-5,8,11,13H,2-3,6-7,9H2,1H3,(H,21,22)/t13-/m0/s1. The molecule has 1 aromatic rings. The molecule has 0 radical (unpaired) electrons. The van der Waals surface area contributed by atoms with Gasteiger partial charge in [-0.25, -0.2) is 0 Å². The van der Waals surface area contributed by atoms with Crippen LogP contribution in [0.4, 0.5) is 5.69 Å². The van der Waals surface area contributed by atoms with Gasteiger partial charge in [-0.15, -0.1) is 0 Å². The van der Waals surface area contributed by atoms with Crippen LogP contribution >= 0.6 is 23.4 Å². The molecule has 128 valence electrons. The van der Waals surface area contributed by atoms with Gasteiger partial charge in [0.1, 0.15) is 5.25 Å². The summed E-state index contributed by atoms with van der Waals surface area (Å²) in [4.78, 5) is 30.2. The second-order valence-electron chi connectivity index (χ2n) is 6.13. The van der Waals surface area contributed by atoms with Crippen LogP contribution in [-0.2, 0) is 9.59 Å². The Balaban J connectivity index is 2.01. The normalized spacial score (nSPS) is 23.4. The first-order chi connectivity index (χ1) is 11.5. The molecule has 2 fully saturated rings. The average Bonchev–Trinajstić information content (AvgIpc) is 3.10. The Morgan fingerprint density at radius 3 is 2.75 bits per heavy atom. The largest absolute Gasteiger partial charge is 0.481 e. The molecule has 1 aliphatic carbocycles. The van der Waals surface area contributed by atoms with Gasteiger partial charge in [-0.05, 0) is 31.4 Å². The number of benzene rings is 1. The van der Waals surface area contributed by atoms with Crippen molar-refractivity contribution in [2.24, 2.45) is 4.99 Å². The quantitative estimate of drug-likeness (QED) is 0.878. The summed E-state index contributed by atoms with van der Waals surface area (Å²) < 4.78 is 0. The number of aryl methyl sites for hydroxylation is 1. The first kappa shape index (κ1) is 17.3. The summed E-state index contributed by atoms with van der Waals surface area (Å²) in [5.74, 6) is -1.24. The number of carbonyl (C=O) groups is 2. The molecule has 1 saturated carbocycles. The third-order valence-corrected chi connectivity index (χ3v) is 5.78. The lowest BCUT2D eigenvalue weighted by Gasteiger charge is -2.21. The van der Waals surface area contributed by atoms with Crippen molar-refractivity contribution in [1.29, 1.82) is 0 Å². The Morgan fingerprint density at radius 2 is 2.12 bits per heavy atom. The van der Waals surface area contributed by atoms with Gasteiger partial charge in [0, 0.05) is 0 Å². The van der Waals surface area contributed by atoms with E-state index in [2.05, 4.69) is 0 Å². The van der Waals surface area contributed by atoms with E-state index in [0.29, 0.717) is 15.9 Å². The summed E-state index contributed by atoms with van der Waals surface area (Å²) in [6.45, 7) is 1.89. The zero-order chi connectivity index (χ0) is 17.3. The van der Waals surface area contributed by atoms with E-state index >= 15 is 0 Å². The molecule has 1 aliphatic heterocycles. The number of amidine groups is 1. The van der Waals surface area contributed by atoms with Crippen molar-refractivity contribution in [1.82, 2.24) is 0 Å². The van der Waals surface area contributed by atoms with Crippen LogP contribution in [0.15, 0.2) is 23.2 Å². The number of rotatable bonds is 4. The number of para-hydroxylation sites is 1. The van der Waals surface area contributed by atoms with Crippen molar-refractivity contribution in [3.63, 3.8) is 0 Å². The average molecular weight is 367 g/mol. The SMILES string of the molecule is Cc1cccc(Cl)c1N1C(=O)[C@H](CC(=O)O)SC1=NC1CCCC1. The fourth-order valence-corrected chi connectivity index (χ4v) is 4.64. The summed E-state index contributed by atoms with van der Waals surface area (Å²) >= 11 is 7.58. The van der Waals surface area contributed by atoms with Crippen LogP contribution in [-0.4, -0.2) is 33.4 Å². The molecular formula is C17H19ClN2O3S. The van der Waals surface area contributed by atoms with Crippen molar-refractivity contribution >= 4 is 46.1 Å². The highest BCUT2D eigenvalue weighted by Gasteiger charge is 2.41. The molecule has 2 aliphatic rings. The highest BCUT2D eigenvalue weighted by Crippen LogP contribution is 2.39. The monoisotopic (exact) mass is 366 g/mol. The molecule has 0 unspecified atom stereocenters. The van der Waals surface area contributed by atoms with E-state index in [1.165, 1.54) is 16.7 Å². The van der Waals surface area contributed by atoms with Gasteiger partial charge in [0.15, 0.2) is 5.17 Å². The molecule has 1 aromatic carbocycles. The zero-order valence-electron chi connectivity index (χ0n) is 13.4. The van der Waals surface area contributed by atoms with E-state index in [4.69, 9.17) is 21.7 Å². The lowest BCUT2D eigenvalue weighted by molar-refractivity contribution is -0.138. The van der Waals surface area contributed by atoms with Crippen LogP contribution in [0.5, 0.6) is 0 Å². The molecule has 24 heavy (non-hydrogen) atoms. The van der Waals surface area contributed by atoms with E-state index in [0.717, 1.165) is 31.2 Å². The Labute approximate surface area is 150 Å². The number of hydrogen-bond acceptors (Lipinski definition) is 4. The third kappa shape index (κ3) is 3.44. The lowest BCUT2D eigenvalue weighted by atomic mass is 10.1. The van der Waals surface area contributed by atoms with E-state index < -0.39 is 11.2 Å². The molecule has 1 heterocycles. The number of hydrogen-bond donors (Lipinski definition) is 1. The summed E-state index contributed by atoms with van der Waals surface area (Å²) in [7, 11) is 0. The molecule has 1 amide bonds. The molecule has 1 N–H and O–H groups in total. The molecular weight excluding hydrogens is 348 g/mol. The van der Waals surface area contributed by atoms with Crippen LogP contribution in [0.25, 0.3) is 0 Å². The number of anilines is 1. The fraction of sp³-hybridized carbons (Fsp3) is 0.471. The van der Waals surface area contributed by atoms with Crippen molar-refractivity contribution < 1.29 is 14.7 Å². The number of thioether (sulfide) groups is 1. The molecule has 3 rings (SSSR count). The first-order valence-corrected chi connectivity index (χ1v) is 9.28. The van der Waals surface area contributed by atoms with E-state index in [1.54, 1.807) is 6.07 Å². The first-order valence-electron chi connectivity index (χ1n) is 8.02. The molecule has 5 nitrogen and oxygen atoms in total. The Hall–Kier alpha value is -1.53. The van der Waals surface area contributed by atoms with Gasteiger partial charge in [-0.1, -0.05) is 48.3 Å². The van der Waals surface area contributed by atoms with Gasteiger partial charge < -0.3 is 5.11 Å². The maximum absolute atomic E-state index is 12.8. The van der Waals surface area contributed by atoms with Gasteiger partial charge in [-0.2, -0.15) is 0 Å². The number of aliphatic carboxylic acids is 1. The van der Waals surface area contributed by atoms with Gasteiger partial charge in [0.2, 0.25) is 5.91 Å². The second kappa shape index (κ2) is 7.15. The second-order valence-corrected chi connectivity index (χ2v) is 7.71. The van der Waals surface area contributed by atoms with E-state index in [-0.39, 0.29) is 18.4 Å². The van der Waals surface area contributed by atoms with Crippen LogP contribution in [0.2, 0.25) is 5.02 Å². The van der Waals surface area contributed by atoms with Gasteiger partial charge in [0.25, 0.3) is 0 Å². The predicted molar refractivity (Wildman–Crippen MR) is 97.0 cm³/mol. The minimum absolute atomic E-state index is 0.203. The van der Waals surface area contributed by atoms with Crippen molar-refractivity contribution in [2.75, 3.05) is 4.90 Å². The summed E-state index contributed by atoms with van der Waals surface area (Å²) in [6, 6.07) is 5.66. The van der Waals surface area contributed by atoms with Crippen LogP contribution in [0, 0.1) is 6.92 Å². The number of halogens is 1. The molecule has 1 atom stereocenters. The number of carbonyl (C=O) groups excluding carboxylic acids is 1. The Kier molecular flexibility index (Phi) is 5.15. The number of carboxylic acid groups (broad SMARTS) is 1. The predicted octanol–water partition coefficient (Wildman–Crippen LogP) is 3.87. The molecule has 1 saturated heterocycles. The van der Waals surface area contributed by atoms with Gasteiger partial charge in [-0.3, -0.25) is 19.5 Å². The van der Waals surface area contributed by atoms with Crippen molar-refractivity contribution in [2.45, 2.75) is 50.3 Å². The molecule has 0 spiro atoms. The fourth-order valence-electron chi connectivity index (χ4n) is 3.15. The topological polar surface area (TPSA) is 70.0 Å². The smallest absolute Gasteiger partial charge is 0.305 e. The Bertz CT molecular complexity index is 681. The molecule has 7 heteroatoms. The lowest BCUT2D eigenvalue weighted by Crippen LogP contribution is -2.34. The maximum atomic E-state index is 12.8. The minimum Gasteiger partial charge on any atom is -0.481 e. The van der Waals surface area contributed by atoms with Gasteiger partial charge in [0.05, 0.1) is 23.2 Å². The molecule has 0 bridgehead atoms. The van der Waals surface area contributed by atoms with Crippen molar-refractivity contribution in [3.8, 4) is 0 Å². The Morgan fingerprint density at radius 1 is 1.42 bits per heavy atom. The number of aliphatic imine (C=N–C) groups is 1. The highest BCUT2D eigenvalue weighted by molar-refractivity contribution is 8.16. The highest BCUT2D eigenvalue weighted by atomic mass is 35.5. The summed E-state index contributed by atoms with van der Waals surface area (Å²) in [5, 5.41) is 9.47. The van der Waals surface area contributed by atoms with Crippen LogP contribution in [0.1, 0.15) is 37.7 Å². The van der Waals surface area contributed by atoms with Crippen LogP contribution < -0.4 is 4.90 Å². The number of amides is 1.